The number of halogens is 1. The molecule has 19 heavy (non-hydrogen) atoms. The molecule has 108 valence electrons. The van der Waals surface area contributed by atoms with Gasteiger partial charge >= 0.3 is 0 Å². The molecule has 1 rings (SSSR count). The minimum absolute atomic E-state index is 0.0303. The fraction of sp³-hybridized carbons (Fsp3) is 0.625. The normalized spacial score (nSPS) is 13.8. The Morgan fingerprint density at radius 1 is 1.26 bits per heavy atom. The van der Waals surface area contributed by atoms with Crippen LogP contribution in [0, 0.1) is 5.82 Å². The summed E-state index contributed by atoms with van der Waals surface area (Å²) < 4.78 is 13.8. The van der Waals surface area contributed by atoms with Crippen LogP contribution in [0.3, 0.4) is 0 Å². The maximum atomic E-state index is 13.8. The molecule has 1 unspecified atom stereocenters. The monoisotopic (exact) mass is 266 g/mol. The first-order chi connectivity index (χ1) is 8.89. The van der Waals surface area contributed by atoms with Gasteiger partial charge in [0.1, 0.15) is 5.82 Å². The van der Waals surface area contributed by atoms with E-state index in [1.165, 1.54) is 6.07 Å². The molecule has 0 heterocycles. The molecule has 0 spiro atoms. The van der Waals surface area contributed by atoms with Gasteiger partial charge in [0, 0.05) is 11.6 Å². The first-order valence-electron chi connectivity index (χ1n) is 7.03. The van der Waals surface area contributed by atoms with Gasteiger partial charge < -0.3 is 10.2 Å². The van der Waals surface area contributed by atoms with E-state index in [1.54, 1.807) is 6.07 Å². The van der Waals surface area contributed by atoms with Crippen molar-refractivity contribution in [1.82, 2.24) is 10.2 Å². The fourth-order valence-corrected chi connectivity index (χ4v) is 2.09. The van der Waals surface area contributed by atoms with Crippen LogP contribution >= 0.6 is 0 Å². The van der Waals surface area contributed by atoms with Crippen molar-refractivity contribution < 1.29 is 4.39 Å². The summed E-state index contributed by atoms with van der Waals surface area (Å²) in [6.45, 7) is 7.49. The SMILES string of the molecule is CCCNC(Cc1ccccc1F)C(C)(C)N(C)C. The maximum Gasteiger partial charge on any atom is 0.126 e. The predicted octanol–water partition coefficient (Wildman–Crippen LogP) is 3.08. The lowest BCUT2D eigenvalue weighted by molar-refractivity contribution is 0.136. The Morgan fingerprint density at radius 3 is 2.42 bits per heavy atom. The van der Waals surface area contributed by atoms with Gasteiger partial charge in [-0.15, -0.1) is 0 Å². The van der Waals surface area contributed by atoms with Gasteiger partial charge in [0.2, 0.25) is 0 Å². The molecule has 0 saturated carbocycles. The Labute approximate surface area is 117 Å². The highest BCUT2D eigenvalue weighted by molar-refractivity contribution is 5.19. The van der Waals surface area contributed by atoms with Crippen LogP contribution in [0.25, 0.3) is 0 Å². The van der Waals surface area contributed by atoms with Crippen molar-refractivity contribution in [2.75, 3.05) is 20.6 Å². The molecule has 1 aromatic rings. The maximum absolute atomic E-state index is 13.8. The van der Waals surface area contributed by atoms with Crippen molar-refractivity contribution >= 4 is 0 Å². The van der Waals surface area contributed by atoms with Crippen LogP contribution in [0.5, 0.6) is 0 Å². The zero-order chi connectivity index (χ0) is 14.5. The Kier molecular flexibility index (Phi) is 5.95. The number of likely N-dealkylation sites (N-methyl/N-ethyl adjacent to an activating group) is 1. The topological polar surface area (TPSA) is 15.3 Å². The van der Waals surface area contributed by atoms with Crippen LogP contribution in [0.2, 0.25) is 0 Å². The Bertz CT molecular complexity index is 388. The lowest BCUT2D eigenvalue weighted by atomic mass is 9.88. The van der Waals surface area contributed by atoms with Crippen LogP contribution in [-0.4, -0.2) is 37.1 Å². The highest BCUT2D eigenvalue weighted by atomic mass is 19.1. The van der Waals surface area contributed by atoms with E-state index in [2.05, 4.69) is 45.1 Å². The van der Waals surface area contributed by atoms with Gasteiger partial charge in [-0.05, 0) is 59.0 Å². The van der Waals surface area contributed by atoms with Crippen LogP contribution in [0.4, 0.5) is 4.39 Å². The van der Waals surface area contributed by atoms with Gasteiger partial charge in [-0.25, -0.2) is 4.39 Å². The van der Waals surface area contributed by atoms with E-state index < -0.39 is 0 Å². The third-order valence-electron chi connectivity index (χ3n) is 4.03. The van der Waals surface area contributed by atoms with Gasteiger partial charge in [-0.3, -0.25) is 0 Å². The molecule has 0 aliphatic carbocycles. The summed E-state index contributed by atoms with van der Waals surface area (Å²) >= 11 is 0. The molecular formula is C16H27FN2. The number of nitrogens with one attached hydrogen (secondary N) is 1. The molecule has 1 atom stereocenters. The average molecular weight is 266 g/mol. The first-order valence-corrected chi connectivity index (χ1v) is 7.03. The average Bonchev–Trinajstić information content (AvgIpc) is 2.36. The van der Waals surface area contributed by atoms with E-state index in [0.717, 1.165) is 18.5 Å². The summed E-state index contributed by atoms with van der Waals surface area (Å²) in [7, 11) is 4.14. The van der Waals surface area contributed by atoms with E-state index >= 15 is 0 Å². The quantitative estimate of drug-likeness (QED) is 0.816. The minimum atomic E-state index is -0.111. The largest absolute Gasteiger partial charge is 0.312 e. The van der Waals surface area contributed by atoms with Gasteiger partial charge in [-0.2, -0.15) is 0 Å². The molecule has 1 N–H and O–H groups in total. The molecular weight excluding hydrogens is 239 g/mol. The Balaban J connectivity index is 2.89. The van der Waals surface area contributed by atoms with Crippen LogP contribution < -0.4 is 5.32 Å². The van der Waals surface area contributed by atoms with E-state index in [4.69, 9.17) is 0 Å². The second kappa shape index (κ2) is 7.01. The van der Waals surface area contributed by atoms with E-state index in [-0.39, 0.29) is 17.4 Å². The summed E-state index contributed by atoms with van der Waals surface area (Å²) in [5.74, 6) is -0.111. The minimum Gasteiger partial charge on any atom is -0.312 e. The lowest BCUT2D eigenvalue weighted by Gasteiger charge is -2.41. The smallest absolute Gasteiger partial charge is 0.126 e. The summed E-state index contributed by atoms with van der Waals surface area (Å²) in [6.07, 6.45) is 1.79. The molecule has 0 saturated heterocycles. The van der Waals surface area contributed by atoms with Crippen LogP contribution in [0.15, 0.2) is 24.3 Å². The number of rotatable bonds is 7. The fourth-order valence-electron chi connectivity index (χ4n) is 2.09. The zero-order valence-electron chi connectivity index (χ0n) is 12.8. The summed E-state index contributed by atoms with van der Waals surface area (Å²) in [5.41, 5.74) is 0.753. The molecule has 1 aromatic carbocycles. The highest BCUT2D eigenvalue weighted by Gasteiger charge is 2.31. The van der Waals surface area contributed by atoms with Crippen molar-refractivity contribution in [3.8, 4) is 0 Å². The zero-order valence-corrected chi connectivity index (χ0v) is 12.8. The highest BCUT2D eigenvalue weighted by Crippen LogP contribution is 2.21. The second-order valence-corrected chi connectivity index (χ2v) is 5.85. The summed E-state index contributed by atoms with van der Waals surface area (Å²) in [4.78, 5) is 2.20. The lowest BCUT2D eigenvalue weighted by Crippen LogP contribution is -2.56. The second-order valence-electron chi connectivity index (χ2n) is 5.85. The first kappa shape index (κ1) is 16.1. The standard InChI is InChI=1S/C16H27FN2/c1-6-11-18-15(16(2,3)19(4)5)12-13-9-7-8-10-14(13)17/h7-10,15,18H,6,11-12H2,1-5H3. The number of nitrogens with zero attached hydrogens (tertiary/aromatic N) is 1. The molecule has 0 bridgehead atoms. The molecule has 3 heteroatoms. The molecule has 0 fully saturated rings. The molecule has 0 aromatic heterocycles. The van der Waals surface area contributed by atoms with E-state index in [0.29, 0.717) is 6.42 Å². The van der Waals surface area contributed by atoms with Gasteiger partial charge in [0.15, 0.2) is 0 Å². The Hall–Kier alpha value is -0.930. The molecule has 0 radical (unpaired) electrons. The third kappa shape index (κ3) is 4.29. The van der Waals surface area contributed by atoms with Crippen LogP contribution in [-0.2, 0) is 6.42 Å². The number of hydrogen-bond acceptors (Lipinski definition) is 2. The van der Waals surface area contributed by atoms with Crippen molar-refractivity contribution in [3.63, 3.8) is 0 Å². The number of benzene rings is 1. The van der Waals surface area contributed by atoms with Gasteiger partial charge in [0.05, 0.1) is 0 Å². The van der Waals surface area contributed by atoms with Crippen LogP contribution in [0.1, 0.15) is 32.8 Å². The van der Waals surface area contributed by atoms with Crippen molar-refractivity contribution in [3.05, 3.63) is 35.6 Å². The van der Waals surface area contributed by atoms with Gasteiger partial charge in [0.25, 0.3) is 0 Å². The van der Waals surface area contributed by atoms with Crippen molar-refractivity contribution in [1.29, 1.82) is 0 Å². The number of hydrogen-bond donors (Lipinski definition) is 1. The molecule has 2 nitrogen and oxygen atoms in total. The van der Waals surface area contributed by atoms with Crippen molar-refractivity contribution in [2.24, 2.45) is 0 Å². The molecule has 0 amide bonds. The Morgan fingerprint density at radius 2 is 1.89 bits per heavy atom. The summed E-state index contributed by atoms with van der Waals surface area (Å²) in [5, 5.41) is 3.56. The van der Waals surface area contributed by atoms with E-state index in [1.807, 2.05) is 12.1 Å². The third-order valence-corrected chi connectivity index (χ3v) is 4.03. The van der Waals surface area contributed by atoms with Crippen molar-refractivity contribution in [2.45, 2.75) is 45.2 Å². The van der Waals surface area contributed by atoms with Gasteiger partial charge in [-0.1, -0.05) is 25.1 Å². The predicted molar refractivity (Wildman–Crippen MR) is 80.0 cm³/mol. The van der Waals surface area contributed by atoms with E-state index in [9.17, 15) is 4.39 Å². The summed E-state index contributed by atoms with van der Waals surface area (Å²) in [6, 6.07) is 7.28. The molecule has 0 aliphatic heterocycles. The molecule has 0 aliphatic rings.